The molecule has 3 atom stereocenters. The standard InChI is InChI=1S/C19H28N2O/c22-19(14-17-10-6-12-20-17)21-18-11-5-4-9-16(18)13-15-7-2-1-3-8-15/h1-3,7-8,16-18,20H,4-6,9-14H2,(H,21,22). The molecule has 1 aromatic rings. The maximum absolute atomic E-state index is 12.3. The molecule has 3 heteroatoms. The van der Waals surface area contributed by atoms with Gasteiger partial charge in [0, 0.05) is 18.5 Å². The van der Waals surface area contributed by atoms with Crippen molar-refractivity contribution < 1.29 is 4.79 Å². The summed E-state index contributed by atoms with van der Waals surface area (Å²) in [6.07, 6.45) is 9.01. The molecule has 3 nitrogen and oxygen atoms in total. The van der Waals surface area contributed by atoms with Gasteiger partial charge in [0.15, 0.2) is 0 Å². The van der Waals surface area contributed by atoms with Crippen LogP contribution in [0.15, 0.2) is 30.3 Å². The molecule has 22 heavy (non-hydrogen) atoms. The Kier molecular flexibility index (Phi) is 5.49. The van der Waals surface area contributed by atoms with E-state index in [0.29, 0.717) is 24.4 Å². The second kappa shape index (κ2) is 7.77. The quantitative estimate of drug-likeness (QED) is 0.877. The third kappa shape index (κ3) is 4.33. The molecule has 1 aromatic carbocycles. The summed E-state index contributed by atoms with van der Waals surface area (Å²) in [5, 5.41) is 6.75. The predicted molar refractivity (Wildman–Crippen MR) is 89.7 cm³/mol. The van der Waals surface area contributed by atoms with Gasteiger partial charge in [-0.05, 0) is 50.1 Å². The molecule has 1 amide bonds. The van der Waals surface area contributed by atoms with Crippen molar-refractivity contribution in [2.45, 2.75) is 63.5 Å². The number of carbonyl (C=O) groups is 1. The predicted octanol–water partition coefficient (Wildman–Crippen LogP) is 3.05. The second-order valence-electron chi connectivity index (χ2n) is 6.91. The maximum atomic E-state index is 12.3. The van der Waals surface area contributed by atoms with E-state index in [4.69, 9.17) is 0 Å². The van der Waals surface area contributed by atoms with Crippen LogP contribution in [0.2, 0.25) is 0 Å². The van der Waals surface area contributed by atoms with Crippen LogP contribution < -0.4 is 10.6 Å². The van der Waals surface area contributed by atoms with Crippen LogP contribution in [0, 0.1) is 5.92 Å². The normalized spacial score (nSPS) is 28.5. The third-order valence-corrected chi connectivity index (χ3v) is 5.19. The highest BCUT2D eigenvalue weighted by Crippen LogP contribution is 2.27. The highest BCUT2D eigenvalue weighted by molar-refractivity contribution is 5.77. The first-order valence-corrected chi connectivity index (χ1v) is 8.88. The zero-order chi connectivity index (χ0) is 15.2. The first kappa shape index (κ1) is 15.5. The van der Waals surface area contributed by atoms with Crippen LogP contribution in [0.4, 0.5) is 0 Å². The van der Waals surface area contributed by atoms with Crippen molar-refractivity contribution in [3.63, 3.8) is 0 Å². The van der Waals surface area contributed by atoms with E-state index >= 15 is 0 Å². The Labute approximate surface area is 133 Å². The minimum atomic E-state index is 0.240. The minimum Gasteiger partial charge on any atom is -0.353 e. The van der Waals surface area contributed by atoms with Crippen molar-refractivity contribution in [2.24, 2.45) is 5.92 Å². The maximum Gasteiger partial charge on any atom is 0.221 e. The van der Waals surface area contributed by atoms with Crippen molar-refractivity contribution in [1.82, 2.24) is 10.6 Å². The first-order valence-electron chi connectivity index (χ1n) is 8.88. The van der Waals surface area contributed by atoms with Crippen LogP contribution in [0.25, 0.3) is 0 Å². The van der Waals surface area contributed by atoms with Crippen molar-refractivity contribution in [3.8, 4) is 0 Å². The van der Waals surface area contributed by atoms with Gasteiger partial charge in [0.05, 0.1) is 0 Å². The van der Waals surface area contributed by atoms with E-state index in [0.717, 1.165) is 25.8 Å². The summed E-state index contributed by atoms with van der Waals surface area (Å²) < 4.78 is 0. The lowest BCUT2D eigenvalue weighted by Gasteiger charge is -2.32. The van der Waals surface area contributed by atoms with Crippen LogP contribution in [-0.2, 0) is 11.2 Å². The Balaban J connectivity index is 1.54. The van der Waals surface area contributed by atoms with Crippen molar-refractivity contribution >= 4 is 5.91 Å². The molecule has 2 fully saturated rings. The highest BCUT2D eigenvalue weighted by Gasteiger charge is 2.27. The number of hydrogen-bond acceptors (Lipinski definition) is 2. The number of hydrogen-bond donors (Lipinski definition) is 2. The van der Waals surface area contributed by atoms with Gasteiger partial charge in [0.1, 0.15) is 0 Å². The molecule has 0 spiro atoms. The summed E-state index contributed by atoms with van der Waals surface area (Å²) in [6, 6.07) is 11.5. The monoisotopic (exact) mass is 300 g/mol. The largest absolute Gasteiger partial charge is 0.353 e. The van der Waals surface area contributed by atoms with Crippen LogP contribution in [0.3, 0.4) is 0 Å². The third-order valence-electron chi connectivity index (χ3n) is 5.19. The number of amides is 1. The molecule has 1 heterocycles. The van der Waals surface area contributed by atoms with Gasteiger partial charge >= 0.3 is 0 Å². The fourth-order valence-corrected chi connectivity index (χ4v) is 3.98. The van der Waals surface area contributed by atoms with Crippen LogP contribution in [-0.4, -0.2) is 24.5 Å². The lowest BCUT2D eigenvalue weighted by atomic mass is 9.80. The molecule has 3 rings (SSSR count). The summed E-state index contributed by atoms with van der Waals surface area (Å²) in [5.41, 5.74) is 1.39. The van der Waals surface area contributed by atoms with Crippen molar-refractivity contribution in [2.75, 3.05) is 6.54 Å². The van der Waals surface area contributed by atoms with Crippen LogP contribution in [0.5, 0.6) is 0 Å². The number of benzene rings is 1. The van der Waals surface area contributed by atoms with Gasteiger partial charge in [0.2, 0.25) is 5.91 Å². The summed E-state index contributed by atoms with van der Waals surface area (Å²) >= 11 is 0. The average molecular weight is 300 g/mol. The lowest BCUT2D eigenvalue weighted by molar-refractivity contribution is -0.122. The van der Waals surface area contributed by atoms with E-state index in [1.807, 2.05) is 0 Å². The molecule has 3 unspecified atom stereocenters. The Morgan fingerprint density at radius 1 is 1.09 bits per heavy atom. The zero-order valence-electron chi connectivity index (χ0n) is 13.4. The van der Waals surface area contributed by atoms with Crippen molar-refractivity contribution in [1.29, 1.82) is 0 Å². The lowest BCUT2D eigenvalue weighted by Crippen LogP contribution is -2.44. The van der Waals surface area contributed by atoms with E-state index in [-0.39, 0.29) is 5.91 Å². The van der Waals surface area contributed by atoms with Crippen LogP contribution >= 0.6 is 0 Å². The van der Waals surface area contributed by atoms with Gasteiger partial charge < -0.3 is 10.6 Å². The van der Waals surface area contributed by atoms with Gasteiger partial charge in [-0.3, -0.25) is 4.79 Å². The Morgan fingerprint density at radius 2 is 1.91 bits per heavy atom. The first-order chi connectivity index (χ1) is 10.8. The SMILES string of the molecule is O=C(CC1CCCN1)NC1CCCCC1Cc1ccccc1. The molecule has 0 radical (unpaired) electrons. The van der Waals surface area contributed by atoms with Gasteiger partial charge in [0.25, 0.3) is 0 Å². The summed E-state index contributed by atoms with van der Waals surface area (Å²) in [6.45, 7) is 1.07. The topological polar surface area (TPSA) is 41.1 Å². The Hall–Kier alpha value is -1.35. The van der Waals surface area contributed by atoms with E-state index in [9.17, 15) is 4.79 Å². The van der Waals surface area contributed by atoms with Gasteiger partial charge in [-0.2, -0.15) is 0 Å². The molecule has 2 aliphatic rings. The van der Waals surface area contributed by atoms with E-state index in [1.54, 1.807) is 0 Å². The van der Waals surface area contributed by atoms with E-state index in [1.165, 1.54) is 31.2 Å². The van der Waals surface area contributed by atoms with Gasteiger partial charge in [-0.25, -0.2) is 0 Å². The molecular weight excluding hydrogens is 272 g/mol. The van der Waals surface area contributed by atoms with Crippen LogP contribution in [0.1, 0.15) is 50.5 Å². The molecular formula is C19H28N2O. The number of carbonyl (C=O) groups excluding carboxylic acids is 1. The summed E-state index contributed by atoms with van der Waals surface area (Å²) in [7, 11) is 0. The Morgan fingerprint density at radius 3 is 2.68 bits per heavy atom. The minimum absolute atomic E-state index is 0.240. The summed E-state index contributed by atoms with van der Waals surface area (Å²) in [4.78, 5) is 12.3. The van der Waals surface area contributed by atoms with E-state index < -0.39 is 0 Å². The molecule has 1 saturated carbocycles. The fourth-order valence-electron chi connectivity index (χ4n) is 3.98. The molecule has 1 saturated heterocycles. The molecule has 0 aromatic heterocycles. The average Bonchev–Trinajstić information content (AvgIpc) is 3.03. The molecule has 1 aliphatic heterocycles. The smallest absolute Gasteiger partial charge is 0.221 e. The summed E-state index contributed by atoms with van der Waals surface area (Å²) in [5.74, 6) is 0.834. The van der Waals surface area contributed by atoms with E-state index in [2.05, 4.69) is 41.0 Å². The zero-order valence-corrected chi connectivity index (χ0v) is 13.4. The van der Waals surface area contributed by atoms with Gasteiger partial charge in [-0.1, -0.05) is 43.2 Å². The van der Waals surface area contributed by atoms with Crippen molar-refractivity contribution in [3.05, 3.63) is 35.9 Å². The highest BCUT2D eigenvalue weighted by atomic mass is 16.1. The fraction of sp³-hybridized carbons (Fsp3) is 0.632. The Bertz CT molecular complexity index is 468. The number of nitrogens with one attached hydrogen (secondary N) is 2. The van der Waals surface area contributed by atoms with Gasteiger partial charge in [-0.15, -0.1) is 0 Å². The number of rotatable bonds is 5. The molecule has 1 aliphatic carbocycles. The second-order valence-corrected chi connectivity index (χ2v) is 6.91. The molecule has 0 bridgehead atoms. The molecule has 2 N–H and O–H groups in total. The molecule has 120 valence electrons.